The first-order chi connectivity index (χ1) is 12.0. The third kappa shape index (κ3) is 4.29. The Morgan fingerprint density at radius 2 is 2.00 bits per heavy atom. The number of rotatable bonds is 4. The smallest absolute Gasteiger partial charge is 0.253 e. The standard InChI is InChI=1S/C18H17Cl2FN2O2/c19-15-9-13(21)2-1-12(15)10-18(4-7-25-8-5-18)23-17(24)14-3-6-22-11-16(14)20/h1-3,6,9,11H,4-5,7-8,10H2,(H,23,24). The lowest BCUT2D eigenvalue weighted by atomic mass is 9.83. The van der Waals surface area contributed by atoms with Crippen LogP contribution < -0.4 is 5.32 Å². The van der Waals surface area contributed by atoms with Crippen molar-refractivity contribution in [3.05, 3.63) is 63.6 Å². The van der Waals surface area contributed by atoms with E-state index in [1.165, 1.54) is 24.5 Å². The van der Waals surface area contributed by atoms with Crippen LogP contribution in [-0.2, 0) is 11.2 Å². The number of benzene rings is 1. The van der Waals surface area contributed by atoms with Crippen molar-refractivity contribution in [3.8, 4) is 0 Å². The van der Waals surface area contributed by atoms with Crippen LogP contribution in [-0.4, -0.2) is 29.6 Å². The summed E-state index contributed by atoms with van der Waals surface area (Å²) in [4.78, 5) is 16.6. The van der Waals surface area contributed by atoms with E-state index >= 15 is 0 Å². The molecule has 3 rings (SSSR count). The molecule has 0 atom stereocenters. The molecule has 25 heavy (non-hydrogen) atoms. The Hall–Kier alpha value is -1.69. The third-order valence-corrected chi connectivity index (χ3v) is 5.04. The highest BCUT2D eigenvalue weighted by Gasteiger charge is 2.35. The molecule has 0 spiro atoms. The molecule has 1 amide bonds. The first-order valence-corrected chi connectivity index (χ1v) is 8.68. The van der Waals surface area contributed by atoms with Crippen LogP contribution in [0.2, 0.25) is 10.0 Å². The van der Waals surface area contributed by atoms with Crippen LogP contribution in [0, 0.1) is 5.82 Å². The molecule has 0 aliphatic carbocycles. The average Bonchev–Trinajstić information content (AvgIpc) is 2.58. The molecule has 0 unspecified atom stereocenters. The van der Waals surface area contributed by atoms with E-state index in [1.807, 2.05) is 0 Å². The van der Waals surface area contributed by atoms with Crippen LogP contribution in [0.3, 0.4) is 0 Å². The number of carbonyl (C=O) groups excluding carboxylic acids is 1. The second-order valence-corrected chi connectivity index (χ2v) is 6.93. The van der Waals surface area contributed by atoms with Crippen LogP contribution >= 0.6 is 23.2 Å². The molecule has 7 heteroatoms. The van der Waals surface area contributed by atoms with Crippen molar-refractivity contribution in [2.24, 2.45) is 0 Å². The van der Waals surface area contributed by atoms with E-state index in [0.29, 0.717) is 48.1 Å². The zero-order chi connectivity index (χ0) is 17.9. The lowest BCUT2D eigenvalue weighted by Crippen LogP contribution is -2.53. The van der Waals surface area contributed by atoms with Gasteiger partial charge in [0.15, 0.2) is 0 Å². The molecular weight excluding hydrogens is 366 g/mol. The van der Waals surface area contributed by atoms with Crippen LogP contribution in [0.25, 0.3) is 0 Å². The molecule has 0 bridgehead atoms. The predicted molar refractivity (Wildman–Crippen MR) is 94.6 cm³/mol. The lowest BCUT2D eigenvalue weighted by Gasteiger charge is -2.38. The summed E-state index contributed by atoms with van der Waals surface area (Å²) in [5, 5.41) is 3.74. The Morgan fingerprint density at radius 1 is 1.24 bits per heavy atom. The predicted octanol–water partition coefficient (Wildman–Crippen LogP) is 4.05. The number of pyridine rings is 1. The quantitative estimate of drug-likeness (QED) is 0.867. The van der Waals surface area contributed by atoms with E-state index in [4.69, 9.17) is 27.9 Å². The number of hydrogen-bond donors (Lipinski definition) is 1. The van der Waals surface area contributed by atoms with Gasteiger partial charge in [0.2, 0.25) is 0 Å². The molecule has 132 valence electrons. The molecule has 1 aliphatic heterocycles. The Bertz CT molecular complexity index is 779. The summed E-state index contributed by atoms with van der Waals surface area (Å²) in [6.07, 6.45) is 4.71. The molecule has 1 fully saturated rings. The first kappa shape index (κ1) is 18.1. The van der Waals surface area contributed by atoms with Crippen LogP contribution in [0.5, 0.6) is 0 Å². The maximum atomic E-state index is 13.3. The largest absolute Gasteiger partial charge is 0.381 e. The Labute approximate surface area is 155 Å². The summed E-state index contributed by atoms with van der Waals surface area (Å²) in [5.74, 6) is -0.657. The Morgan fingerprint density at radius 3 is 2.68 bits per heavy atom. The third-order valence-electron chi connectivity index (χ3n) is 4.39. The molecule has 1 aliphatic rings. The fourth-order valence-electron chi connectivity index (χ4n) is 3.01. The van der Waals surface area contributed by atoms with Gasteiger partial charge in [-0.2, -0.15) is 0 Å². The summed E-state index contributed by atoms with van der Waals surface area (Å²) >= 11 is 12.3. The number of carbonyl (C=O) groups is 1. The number of halogens is 3. The van der Waals surface area contributed by atoms with Crippen molar-refractivity contribution in [1.29, 1.82) is 0 Å². The second kappa shape index (κ2) is 7.68. The van der Waals surface area contributed by atoms with Gasteiger partial charge < -0.3 is 10.1 Å². The van der Waals surface area contributed by atoms with Gasteiger partial charge in [-0.15, -0.1) is 0 Å². The fourth-order valence-corrected chi connectivity index (χ4v) is 3.44. The Balaban J connectivity index is 1.86. The van der Waals surface area contributed by atoms with E-state index in [1.54, 1.807) is 12.1 Å². The summed E-state index contributed by atoms with van der Waals surface area (Å²) in [7, 11) is 0. The minimum atomic E-state index is -0.524. The molecule has 1 aromatic carbocycles. The highest BCUT2D eigenvalue weighted by atomic mass is 35.5. The van der Waals surface area contributed by atoms with Crippen LogP contribution in [0.15, 0.2) is 36.7 Å². The monoisotopic (exact) mass is 382 g/mol. The summed E-state index contributed by atoms with van der Waals surface area (Å²) in [6.45, 7) is 1.06. The lowest BCUT2D eigenvalue weighted by molar-refractivity contribution is 0.0360. The molecule has 4 nitrogen and oxygen atoms in total. The van der Waals surface area contributed by atoms with E-state index in [0.717, 1.165) is 5.56 Å². The number of nitrogens with one attached hydrogen (secondary N) is 1. The number of nitrogens with zero attached hydrogens (tertiary/aromatic N) is 1. The van der Waals surface area contributed by atoms with Gasteiger partial charge in [0, 0.05) is 36.2 Å². The molecule has 1 N–H and O–H groups in total. The molecule has 1 saturated heterocycles. The summed E-state index contributed by atoms with van der Waals surface area (Å²) < 4.78 is 18.7. The Kier molecular flexibility index (Phi) is 5.57. The number of hydrogen-bond acceptors (Lipinski definition) is 3. The summed E-state index contributed by atoms with van der Waals surface area (Å²) in [6, 6.07) is 5.89. The van der Waals surface area contributed by atoms with Crippen molar-refractivity contribution in [1.82, 2.24) is 10.3 Å². The minimum Gasteiger partial charge on any atom is -0.381 e. The average molecular weight is 383 g/mol. The highest BCUT2D eigenvalue weighted by Crippen LogP contribution is 2.30. The molecule has 2 aromatic rings. The van der Waals surface area contributed by atoms with Gasteiger partial charge in [0.25, 0.3) is 5.91 Å². The van der Waals surface area contributed by atoms with E-state index in [9.17, 15) is 9.18 Å². The zero-order valence-corrected chi connectivity index (χ0v) is 14.9. The van der Waals surface area contributed by atoms with Gasteiger partial charge in [-0.3, -0.25) is 9.78 Å². The zero-order valence-electron chi connectivity index (χ0n) is 13.4. The summed E-state index contributed by atoms with van der Waals surface area (Å²) in [5.41, 5.74) is 0.627. The normalized spacial score (nSPS) is 16.4. The minimum absolute atomic E-state index is 0.271. The van der Waals surface area contributed by atoms with Gasteiger partial charge in [0.05, 0.1) is 10.6 Å². The van der Waals surface area contributed by atoms with E-state index in [-0.39, 0.29) is 11.7 Å². The molecular formula is C18H17Cl2FN2O2. The van der Waals surface area contributed by atoms with E-state index in [2.05, 4.69) is 10.3 Å². The molecule has 0 radical (unpaired) electrons. The molecule has 2 heterocycles. The molecule has 1 aromatic heterocycles. The maximum absolute atomic E-state index is 13.3. The number of ether oxygens (including phenoxy) is 1. The topological polar surface area (TPSA) is 51.2 Å². The van der Waals surface area contributed by atoms with Crippen molar-refractivity contribution < 1.29 is 13.9 Å². The van der Waals surface area contributed by atoms with Gasteiger partial charge in [-0.1, -0.05) is 29.3 Å². The first-order valence-electron chi connectivity index (χ1n) is 7.93. The van der Waals surface area contributed by atoms with Gasteiger partial charge in [-0.25, -0.2) is 4.39 Å². The van der Waals surface area contributed by atoms with E-state index < -0.39 is 5.54 Å². The van der Waals surface area contributed by atoms with Crippen molar-refractivity contribution in [3.63, 3.8) is 0 Å². The maximum Gasteiger partial charge on any atom is 0.253 e. The van der Waals surface area contributed by atoms with Crippen molar-refractivity contribution in [2.45, 2.75) is 24.8 Å². The highest BCUT2D eigenvalue weighted by molar-refractivity contribution is 6.33. The van der Waals surface area contributed by atoms with Crippen molar-refractivity contribution in [2.75, 3.05) is 13.2 Å². The van der Waals surface area contributed by atoms with Gasteiger partial charge >= 0.3 is 0 Å². The van der Waals surface area contributed by atoms with Gasteiger partial charge in [0.1, 0.15) is 5.82 Å². The van der Waals surface area contributed by atoms with Gasteiger partial charge in [-0.05, 0) is 43.0 Å². The second-order valence-electron chi connectivity index (χ2n) is 6.11. The number of amides is 1. The van der Waals surface area contributed by atoms with Crippen LogP contribution in [0.1, 0.15) is 28.8 Å². The molecule has 0 saturated carbocycles. The van der Waals surface area contributed by atoms with Crippen LogP contribution in [0.4, 0.5) is 4.39 Å². The fraction of sp³-hybridized carbons (Fsp3) is 0.333. The number of aromatic nitrogens is 1. The van der Waals surface area contributed by atoms with Crippen molar-refractivity contribution >= 4 is 29.1 Å². The SMILES string of the molecule is O=C(NC1(Cc2ccc(F)cc2Cl)CCOCC1)c1ccncc1Cl.